The number of hydrogen-bond acceptors (Lipinski definition) is 3. The molecule has 1 aliphatic heterocycles. The molecular formula is C17H23N3O2. The zero-order valence-electron chi connectivity index (χ0n) is 13.1. The minimum Gasteiger partial charge on any atom is -0.338 e. The van der Waals surface area contributed by atoms with Gasteiger partial charge < -0.3 is 5.32 Å². The Labute approximate surface area is 131 Å². The Hall–Kier alpha value is -2.14. The van der Waals surface area contributed by atoms with E-state index in [-0.39, 0.29) is 11.9 Å². The number of rotatable bonds is 4. The summed E-state index contributed by atoms with van der Waals surface area (Å²) in [5.74, 6) is -0.262. The second kappa shape index (κ2) is 7.75. The number of carbonyl (C=O) groups is 2. The lowest BCUT2D eigenvalue weighted by Gasteiger charge is -2.30. The predicted molar refractivity (Wildman–Crippen MR) is 87.3 cm³/mol. The molecule has 0 radical (unpaired) electrons. The molecule has 0 aliphatic carbocycles. The van der Waals surface area contributed by atoms with Gasteiger partial charge in [0.15, 0.2) is 0 Å². The molecule has 0 fully saturated rings. The first kappa shape index (κ1) is 16.2. The van der Waals surface area contributed by atoms with Gasteiger partial charge in [0.05, 0.1) is 6.04 Å². The van der Waals surface area contributed by atoms with Crippen molar-refractivity contribution in [2.75, 3.05) is 19.6 Å². The molecule has 1 unspecified atom stereocenters. The van der Waals surface area contributed by atoms with Crippen LogP contribution in [0.5, 0.6) is 0 Å². The van der Waals surface area contributed by atoms with Crippen molar-refractivity contribution >= 4 is 17.5 Å². The fourth-order valence-electron chi connectivity index (χ4n) is 2.54. The van der Waals surface area contributed by atoms with Crippen molar-refractivity contribution in [3.8, 4) is 0 Å². The molecule has 2 rings (SSSR count). The van der Waals surface area contributed by atoms with Gasteiger partial charge in [-0.05, 0) is 31.4 Å². The fraction of sp³-hybridized carbons (Fsp3) is 0.412. The van der Waals surface area contributed by atoms with E-state index >= 15 is 0 Å². The normalized spacial score (nSPS) is 16.5. The molecule has 118 valence electrons. The molecule has 0 aromatic heterocycles. The molecule has 0 spiro atoms. The molecule has 0 saturated heterocycles. The molecular weight excluding hydrogens is 278 g/mol. The van der Waals surface area contributed by atoms with Crippen molar-refractivity contribution in [2.45, 2.75) is 26.3 Å². The van der Waals surface area contributed by atoms with Crippen LogP contribution in [0.2, 0.25) is 0 Å². The van der Waals surface area contributed by atoms with Crippen LogP contribution in [0.3, 0.4) is 0 Å². The highest BCUT2D eigenvalue weighted by Gasteiger charge is 2.24. The largest absolute Gasteiger partial charge is 0.338 e. The van der Waals surface area contributed by atoms with Crippen molar-refractivity contribution in [2.24, 2.45) is 0 Å². The number of imide groups is 1. The molecule has 22 heavy (non-hydrogen) atoms. The summed E-state index contributed by atoms with van der Waals surface area (Å²) in [6, 6.07) is 9.52. The molecule has 5 nitrogen and oxygen atoms in total. The Kier molecular flexibility index (Phi) is 5.72. The van der Waals surface area contributed by atoms with E-state index in [0.717, 1.165) is 13.0 Å². The molecule has 1 aromatic rings. The highest BCUT2D eigenvalue weighted by molar-refractivity contribution is 5.96. The number of hydrogen-bond donors (Lipinski definition) is 2. The van der Waals surface area contributed by atoms with Gasteiger partial charge in [0.25, 0.3) is 0 Å². The van der Waals surface area contributed by atoms with Gasteiger partial charge in [-0.15, -0.1) is 0 Å². The Balaban J connectivity index is 1.91. The Morgan fingerprint density at radius 3 is 2.59 bits per heavy atom. The van der Waals surface area contributed by atoms with Gasteiger partial charge in [-0.25, -0.2) is 4.79 Å². The summed E-state index contributed by atoms with van der Waals surface area (Å²) in [6.45, 7) is 5.67. The van der Waals surface area contributed by atoms with Crippen LogP contribution in [0.25, 0.3) is 5.57 Å². The van der Waals surface area contributed by atoms with Crippen LogP contribution in [0.15, 0.2) is 36.4 Å². The van der Waals surface area contributed by atoms with Crippen molar-refractivity contribution in [3.05, 3.63) is 42.0 Å². The molecule has 2 N–H and O–H groups in total. The maximum absolute atomic E-state index is 12.0. The highest BCUT2D eigenvalue weighted by atomic mass is 16.2. The second-order valence-corrected chi connectivity index (χ2v) is 5.37. The van der Waals surface area contributed by atoms with E-state index in [9.17, 15) is 9.59 Å². The van der Waals surface area contributed by atoms with Crippen LogP contribution in [0.1, 0.15) is 25.8 Å². The molecule has 1 aliphatic rings. The zero-order valence-corrected chi connectivity index (χ0v) is 13.1. The maximum Gasteiger partial charge on any atom is 0.321 e. The van der Waals surface area contributed by atoms with Crippen molar-refractivity contribution < 1.29 is 9.59 Å². The zero-order chi connectivity index (χ0) is 15.9. The molecule has 3 amide bonds. The molecule has 1 heterocycles. The number of urea groups is 1. The number of carbonyl (C=O) groups excluding carboxylic acids is 2. The fourth-order valence-corrected chi connectivity index (χ4v) is 2.54. The number of nitrogens with zero attached hydrogens (tertiary/aromatic N) is 1. The molecule has 0 saturated carbocycles. The van der Waals surface area contributed by atoms with Gasteiger partial charge >= 0.3 is 6.03 Å². The van der Waals surface area contributed by atoms with E-state index in [1.807, 2.05) is 32.0 Å². The number of benzene rings is 1. The summed E-state index contributed by atoms with van der Waals surface area (Å²) in [4.78, 5) is 25.5. The van der Waals surface area contributed by atoms with Crippen LogP contribution in [-0.4, -0.2) is 42.5 Å². The average Bonchev–Trinajstić information content (AvgIpc) is 2.55. The number of nitrogens with one attached hydrogen (secondary N) is 2. The Morgan fingerprint density at radius 2 is 2.00 bits per heavy atom. The van der Waals surface area contributed by atoms with Gasteiger partial charge in [-0.3, -0.25) is 15.0 Å². The monoisotopic (exact) mass is 301 g/mol. The SMILES string of the molecule is CCNC(=O)NC(=O)C(C)N1CC=C(c2ccccc2)CC1. The van der Waals surface area contributed by atoms with E-state index in [2.05, 4.69) is 33.7 Å². The lowest BCUT2D eigenvalue weighted by atomic mass is 9.99. The van der Waals surface area contributed by atoms with Crippen LogP contribution >= 0.6 is 0 Å². The second-order valence-electron chi connectivity index (χ2n) is 5.37. The Bertz CT molecular complexity index is 554. The van der Waals surface area contributed by atoms with Crippen molar-refractivity contribution in [3.63, 3.8) is 0 Å². The third-order valence-corrected chi connectivity index (χ3v) is 3.89. The minimum absolute atomic E-state index is 0.262. The first-order chi connectivity index (χ1) is 10.6. The molecule has 1 atom stereocenters. The molecule has 0 bridgehead atoms. The van der Waals surface area contributed by atoms with Gasteiger partial charge in [0.1, 0.15) is 0 Å². The lowest BCUT2D eigenvalue weighted by molar-refractivity contribution is -0.124. The van der Waals surface area contributed by atoms with Crippen LogP contribution < -0.4 is 10.6 Å². The Morgan fingerprint density at radius 1 is 1.27 bits per heavy atom. The van der Waals surface area contributed by atoms with Crippen LogP contribution in [-0.2, 0) is 4.79 Å². The summed E-state index contributed by atoms with van der Waals surface area (Å²) in [5, 5.41) is 4.93. The van der Waals surface area contributed by atoms with E-state index in [4.69, 9.17) is 0 Å². The molecule has 5 heteroatoms. The predicted octanol–water partition coefficient (Wildman–Crippen LogP) is 2.01. The lowest BCUT2D eigenvalue weighted by Crippen LogP contribution is -2.50. The summed E-state index contributed by atoms with van der Waals surface area (Å²) in [6.07, 6.45) is 3.07. The van der Waals surface area contributed by atoms with Gasteiger partial charge in [-0.2, -0.15) is 0 Å². The van der Waals surface area contributed by atoms with Crippen LogP contribution in [0.4, 0.5) is 4.79 Å². The summed E-state index contributed by atoms with van der Waals surface area (Å²) in [7, 11) is 0. The summed E-state index contributed by atoms with van der Waals surface area (Å²) < 4.78 is 0. The van der Waals surface area contributed by atoms with Crippen molar-refractivity contribution in [1.29, 1.82) is 0 Å². The topological polar surface area (TPSA) is 61.4 Å². The highest BCUT2D eigenvalue weighted by Crippen LogP contribution is 2.22. The van der Waals surface area contributed by atoms with E-state index in [0.29, 0.717) is 13.1 Å². The van der Waals surface area contributed by atoms with Gasteiger partial charge in [0, 0.05) is 19.6 Å². The third-order valence-electron chi connectivity index (χ3n) is 3.89. The quantitative estimate of drug-likeness (QED) is 0.894. The third kappa shape index (κ3) is 4.18. The summed E-state index contributed by atoms with van der Waals surface area (Å²) >= 11 is 0. The van der Waals surface area contributed by atoms with Crippen molar-refractivity contribution in [1.82, 2.24) is 15.5 Å². The molecule has 1 aromatic carbocycles. The minimum atomic E-state index is -0.433. The maximum atomic E-state index is 12.0. The van der Waals surface area contributed by atoms with Crippen LogP contribution in [0, 0.1) is 0 Å². The summed E-state index contributed by atoms with van der Waals surface area (Å²) in [5.41, 5.74) is 2.55. The first-order valence-electron chi connectivity index (χ1n) is 7.69. The standard InChI is InChI=1S/C17H23N3O2/c1-3-18-17(22)19-16(21)13(2)20-11-9-15(10-12-20)14-7-5-4-6-8-14/h4-9,13H,3,10-12H2,1-2H3,(H2,18,19,21,22). The smallest absolute Gasteiger partial charge is 0.321 e. The van der Waals surface area contributed by atoms with E-state index < -0.39 is 6.03 Å². The average molecular weight is 301 g/mol. The van der Waals surface area contributed by atoms with E-state index in [1.165, 1.54) is 11.1 Å². The number of amides is 3. The van der Waals surface area contributed by atoms with Gasteiger partial charge in [-0.1, -0.05) is 36.4 Å². The van der Waals surface area contributed by atoms with E-state index in [1.54, 1.807) is 0 Å². The first-order valence-corrected chi connectivity index (χ1v) is 7.69. The van der Waals surface area contributed by atoms with Gasteiger partial charge in [0.2, 0.25) is 5.91 Å².